The fraction of sp³-hybridized carbons (Fsp3) is 0. The SMILES string of the molecule is Nc1cc(Br)cc(C(=O)Nc2nccc(Cl)n2)c1. The highest BCUT2D eigenvalue weighted by Gasteiger charge is 2.09. The lowest BCUT2D eigenvalue weighted by molar-refractivity contribution is 0.102. The van der Waals surface area contributed by atoms with Crippen LogP contribution < -0.4 is 11.1 Å². The zero-order valence-corrected chi connectivity index (χ0v) is 11.4. The quantitative estimate of drug-likeness (QED) is 0.656. The summed E-state index contributed by atoms with van der Waals surface area (Å²) in [4.78, 5) is 19.7. The molecule has 18 heavy (non-hydrogen) atoms. The minimum Gasteiger partial charge on any atom is -0.399 e. The van der Waals surface area contributed by atoms with Crippen molar-refractivity contribution in [3.05, 3.63) is 45.7 Å². The van der Waals surface area contributed by atoms with Gasteiger partial charge >= 0.3 is 0 Å². The summed E-state index contributed by atoms with van der Waals surface area (Å²) in [6.07, 6.45) is 1.46. The number of nitrogen functional groups attached to an aromatic ring is 1. The third-order valence-corrected chi connectivity index (χ3v) is 2.70. The van der Waals surface area contributed by atoms with Crippen LogP contribution in [0.2, 0.25) is 5.15 Å². The number of anilines is 2. The van der Waals surface area contributed by atoms with Crippen molar-refractivity contribution in [3.63, 3.8) is 0 Å². The van der Waals surface area contributed by atoms with Crippen molar-refractivity contribution in [1.82, 2.24) is 9.97 Å². The average molecular weight is 328 g/mol. The van der Waals surface area contributed by atoms with Crippen LogP contribution in [0.1, 0.15) is 10.4 Å². The number of carbonyl (C=O) groups excluding carboxylic acids is 1. The molecule has 1 aromatic heterocycles. The number of aromatic nitrogens is 2. The van der Waals surface area contributed by atoms with Gasteiger partial charge in [-0.05, 0) is 24.3 Å². The Morgan fingerprint density at radius 1 is 1.39 bits per heavy atom. The van der Waals surface area contributed by atoms with Gasteiger partial charge in [0.2, 0.25) is 5.95 Å². The van der Waals surface area contributed by atoms with Gasteiger partial charge in [0.05, 0.1) is 0 Å². The second-order valence-corrected chi connectivity index (χ2v) is 4.73. The summed E-state index contributed by atoms with van der Waals surface area (Å²) in [5.74, 6) is -0.212. The van der Waals surface area contributed by atoms with Crippen molar-refractivity contribution in [2.24, 2.45) is 0 Å². The number of nitrogens with two attached hydrogens (primary N) is 1. The van der Waals surface area contributed by atoms with Crippen LogP contribution in [0.5, 0.6) is 0 Å². The van der Waals surface area contributed by atoms with Crippen LogP contribution >= 0.6 is 27.5 Å². The standard InChI is InChI=1S/C11H8BrClN4O/c12-7-3-6(4-8(14)5-7)10(18)17-11-15-2-1-9(13)16-11/h1-5H,14H2,(H,15,16,17,18). The molecule has 0 atom stereocenters. The zero-order chi connectivity index (χ0) is 13.1. The highest BCUT2D eigenvalue weighted by Crippen LogP contribution is 2.18. The summed E-state index contributed by atoms with van der Waals surface area (Å²) in [5.41, 5.74) is 6.55. The topological polar surface area (TPSA) is 80.9 Å². The van der Waals surface area contributed by atoms with E-state index in [1.165, 1.54) is 12.3 Å². The Bertz CT molecular complexity index is 585. The Balaban J connectivity index is 2.22. The van der Waals surface area contributed by atoms with Crippen LogP contribution in [0.4, 0.5) is 11.6 Å². The molecule has 7 heteroatoms. The van der Waals surface area contributed by atoms with Gasteiger partial charge in [-0.1, -0.05) is 27.5 Å². The van der Waals surface area contributed by atoms with E-state index in [1.54, 1.807) is 18.2 Å². The van der Waals surface area contributed by atoms with E-state index in [4.69, 9.17) is 17.3 Å². The van der Waals surface area contributed by atoms with Gasteiger partial charge in [-0.25, -0.2) is 9.97 Å². The molecule has 0 aliphatic heterocycles. The number of amides is 1. The molecule has 0 bridgehead atoms. The lowest BCUT2D eigenvalue weighted by Crippen LogP contribution is -2.14. The second kappa shape index (κ2) is 5.32. The lowest BCUT2D eigenvalue weighted by atomic mass is 10.2. The van der Waals surface area contributed by atoms with E-state index in [0.29, 0.717) is 11.3 Å². The van der Waals surface area contributed by atoms with Crippen LogP contribution in [-0.4, -0.2) is 15.9 Å². The smallest absolute Gasteiger partial charge is 0.258 e. The van der Waals surface area contributed by atoms with Crippen molar-refractivity contribution in [2.75, 3.05) is 11.1 Å². The largest absolute Gasteiger partial charge is 0.399 e. The lowest BCUT2D eigenvalue weighted by Gasteiger charge is -2.05. The molecular formula is C11H8BrClN4O. The van der Waals surface area contributed by atoms with Gasteiger partial charge < -0.3 is 5.73 Å². The molecule has 2 aromatic rings. The molecule has 3 N–H and O–H groups in total. The first-order valence-corrected chi connectivity index (χ1v) is 6.07. The Morgan fingerprint density at radius 3 is 2.83 bits per heavy atom. The average Bonchev–Trinajstić information content (AvgIpc) is 2.27. The van der Waals surface area contributed by atoms with Crippen molar-refractivity contribution in [1.29, 1.82) is 0 Å². The molecular weight excluding hydrogens is 320 g/mol. The molecule has 1 aromatic carbocycles. The molecule has 92 valence electrons. The first kappa shape index (κ1) is 12.8. The first-order chi connectivity index (χ1) is 8.54. The van der Waals surface area contributed by atoms with Crippen LogP contribution in [0.3, 0.4) is 0 Å². The third kappa shape index (κ3) is 3.18. The minimum atomic E-state index is -0.356. The van der Waals surface area contributed by atoms with Crippen LogP contribution in [0.25, 0.3) is 0 Å². The van der Waals surface area contributed by atoms with E-state index < -0.39 is 0 Å². The van der Waals surface area contributed by atoms with Crippen LogP contribution in [0.15, 0.2) is 34.9 Å². The molecule has 0 spiro atoms. The second-order valence-electron chi connectivity index (χ2n) is 3.43. The predicted octanol–water partition coefficient (Wildman–Crippen LogP) is 2.73. The van der Waals surface area contributed by atoms with E-state index in [-0.39, 0.29) is 17.0 Å². The van der Waals surface area contributed by atoms with Gasteiger partial charge in [-0.15, -0.1) is 0 Å². The van der Waals surface area contributed by atoms with Crippen LogP contribution in [-0.2, 0) is 0 Å². The van der Waals surface area contributed by atoms with Gasteiger partial charge in [0, 0.05) is 21.9 Å². The van der Waals surface area contributed by atoms with E-state index in [1.807, 2.05) is 0 Å². The fourth-order valence-corrected chi connectivity index (χ4v) is 1.96. The summed E-state index contributed by atoms with van der Waals surface area (Å²) in [6, 6.07) is 6.43. The number of nitrogens with zero attached hydrogens (tertiary/aromatic N) is 2. The number of hydrogen-bond acceptors (Lipinski definition) is 4. The maximum Gasteiger partial charge on any atom is 0.258 e. The number of benzene rings is 1. The van der Waals surface area contributed by atoms with Gasteiger partial charge in [-0.3, -0.25) is 10.1 Å². The van der Waals surface area contributed by atoms with E-state index in [2.05, 4.69) is 31.2 Å². The number of nitrogens with one attached hydrogen (secondary N) is 1. The summed E-state index contributed by atoms with van der Waals surface area (Å²) >= 11 is 8.96. The molecule has 5 nitrogen and oxygen atoms in total. The van der Waals surface area contributed by atoms with Crippen molar-refractivity contribution < 1.29 is 4.79 Å². The summed E-state index contributed by atoms with van der Waals surface area (Å²) < 4.78 is 0.722. The Labute approximate surface area is 117 Å². The Kier molecular flexibility index (Phi) is 3.78. The first-order valence-electron chi connectivity index (χ1n) is 4.90. The minimum absolute atomic E-state index is 0.144. The van der Waals surface area contributed by atoms with E-state index in [9.17, 15) is 4.79 Å². The fourth-order valence-electron chi connectivity index (χ4n) is 1.31. The van der Waals surface area contributed by atoms with Gasteiger partial charge in [0.25, 0.3) is 5.91 Å². The van der Waals surface area contributed by atoms with E-state index in [0.717, 1.165) is 4.47 Å². The summed E-state index contributed by atoms with van der Waals surface area (Å²) in [7, 11) is 0. The predicted molar refractivity (Wildman–Crippen MR) is 73.5 cm³/mol. The zero-order valence-electron chi connectivity index (χ0n) is 9.02. The van der Waals surface area contributed by atoms with Crippen LogP contribution in [0, 0.1) is 0 Å². The number of halogens is 2. The molecule has 2 rings (SSSR count). The normalized spacial score (nSPS) is 10.1. The molecule has 0 fully saturated rings. The number of rotatable bonds is 2. The van der Waals surface area contributed by atoms with Gasteiger partial charge in [0.15, 0.2) is 0 Å². The van der Waals surface area contributed by atoms with Crippen molar-refractivity contribution >= 4 is 45.1 Å². The summed E-state index contributed by atoms with van der Waals surface area (Å²) in [5, 5.41) is 2.79. The number of carbonyl (C=O) groups is 1. The monoisotopic (exact) mass is 326 g/mol. The van der Waals surface area contributed by atoms with Crippen molar-refractivity contribution in [2.45, 2.75) is 0 Å². The van der Waals surface area contributed by atoms with Crippen molar-refractivity contribution in [3.8, 4) is 0 Å². The summed E-state index contributed by atoms with van der Waals surface area (Å²) in [6.45, 7) is 0. The van der Waals surface area contributed by atoms with E-state index >= 15 is 0 Å². The maximum absolute atomic E-state index is 11.9. The third-order valence-electron chi connectivity index (χ3n) is 2.03. The Morgan fingerprint density at radius 2 is 2.17 bits per heavy atom. The molecule has 1 heterocycles. The highest BCUT2D eigenvalue weighted by molar-refractivity contribution is 9.10. The number of hydrogen-bond donors (Lipinski definition) is 2. The molecule has 0 unspecified atom stereocenters. The molecule has 0 aliphatic carbocycles. The van der Waals surface area contributed by atoms with Gasteiger partial charge in [-0.2, -0.15) is 0 Å². The molecule has 0 saturated heterocycles. The molecule has 0 saturated carbocycles. The molecule has 0 radical (unpaired) electrons. The highest BCUT2D eigenvalue weighted by atomic mass is 79.9. The maximum atomic E-state index is 11.9. The molecule has 1 amide bonds. The van der Waals surface area contributed by atoms with Gasteiger partial charge in [0.1, 0.15) is 5.15 Å². The Hall–Kier alpha value is -1.66. The molecule has 0 aliphatic rings.